The van der Waals surface area contributed by atoms with Crippen molar-refractivity contribution in [3.05, 3.63) is 39.9 Å². The fourth-order valence-corrected chi connectivity index (χ4v) is 2.59. The molecule has 1 atom stereocenters. The van der Waals surface area contributed by atoms with E-state index in [9.17, 15) is 19.7 Å². The molecule has 0 saturated carbocycles. The average molecular weight is 365 g/mol. The van der Waals surface area contributed by atoms with E-state index in [2.05, 4.69) is 4.90 Å². The molecule has 1 aromatic carbocycles. The Bertz CT molecular complexity index is 614. The van der Waals surface area contributed by atoms with E-state index in [1.54, 1.807) is 11.8 Å². The minimum atomic E-state index is -0.508. The summed E-state index contributed by atoms with van der Waals surface area (Å²) in [6.45, 7) is 8.89. The molecule has 1 rings (SSSR count). The summed E-state index contributed by atoms with van der Waals surface area (Å²) in [7, 11) is 1.32. The number of hydrogen-bond donors (Lipinski definition) is 0. The highest BCUT2D eigenvalue weighted by Gasteiger charge is 2.23. The fraction of sp³-hybridized carbons (Fsp3) is 0.556. The van der Waals surface area contributed by atoms with Crippen LogP contribution in [0.5, 0.6) is 0 Å². The van der Waals surface area contributed by atoms with Crippen LogP contribution >= 0.6 is 0 Å². The quantitative estimate of drug-likeness (QED) is 0.358. The van der Waals surface area contributed by atoms with Crippen LogP contribution in [0.1, 0.15) is 31.1 Å². The molecule has 0 fully saturated rings. The first-order valence-electron chi connectivity index (χ1n) is 8.67. The summed E-state index contributed by atoms with van der Waals surface area (Å²) in [5, 5.41) is 10.8. The van der Waals surface area contributed by atoms with Crippen LogP contribution in [0.25, 0.3) is 0 Å². The standard InChI is InChI=1S/C18H27N3O5/c1-5-19(6-2)11-12-20(13-14(3)18(23)26-4)17(22)15-7-9-16(10-8-15)21(24)25/h7-10,14H,5-6,11-13H2,1-4H3. The van der Waals surface area contributed by atoms with E-state index in [-0.39, 0.29) is 24.1 Å². The number of likely N-dealkylation sites (N-methyl/N-ethyl adjacent to an activating group) is 1. The zero-order valence-corrected chi connectivity index (χ0v) is 15.8. The third-order valence-electron chi connectivity index (χ3n) is 4.29. The van der Waals surface area contributed by atoms with Crippen LogP contribution in [-0.4, -0.2) is 66.4 Å². The summed E-state index contributed by atoms with van der Waals surface area (Å²) in [5.41, 5.74) is 0.284. The number of carbonyl (C=O) groups is 2. The van der Waals surface area contributed by atoms with E-state index < -0.39 is 10.8 Å². The van der Waals surface area contributed by atoms with Gasteiger partial charge in [-0.2, -0.15) is 0 Å². The van der Waals surface area contributed by atoms with E-state index in [0.717, 1.165) is 13.1 Å². The zero-order valence-electron chi connectivity index (χ0n) is 15.8. The van der Waals surface area contributed by atoms with Crippen molar-refractivity contribution in [3.8, 4) is 0 Å². The van der Waals surface area contributed by atoms with Gasteiger partial charge in [-0.1, -0.05) is 20.8 Å². The van der Waals surface area contributed by atoms with Crippen LogP contribution in [0.3, 0.4) is 0 Å². The fourth-order valence-electron chi connectivity index (χ4n) is 2.59. The first kappa shape index (κ1) is 21.6. The Morgan fingerprint density at radius 1 is 1.15 bits per heavy atom. The first-order chi connectivity index (χ1) is 12.3. The van der Waals surface area contributed by atoms with Crippen LogP contribution < -0.4 is 0 Å². The second-order valence-electron chi connectivity index (χ2n) is 6.01. The van der Waals surface area contributed by atoms with Gasteiger partial charge in [0.25, 0.3) is 11.6 Å². The minimum absolute atomic E-state index is 0.0702. The Morgan fingerprint density at radius 3 is 2.19 bits per heavy atom. The summed E-state index contributed by atoms with van der Waals surface area (Å²) in [4.78, 5) is 38.6. The molecule has 8 nitrogen and oxygen atoms in total. The summed E-state index contributed by atoms with van der Waals surface area (Å²) in [5.74, 6) is -1.10. The molecule has 0 radical (unpaired) electrons. The van der Waals surface area contributed by atoms with Gasteiger partial charge in [0.05, 0.1) is 18.0 Å². The molecule has 8 heteroatoms. The highest BCUT2D eigenvalue weighted by Crippen LogP contribution is 2.15. The number of non-ortho nitro benzene ring substituents is 1. The molecule has 0 bridgehead atoms. The lowest BCUT2D eigenvalue weighted by Crippen LogP contribution is -2.42. The van der Waals surface area contributed by atoms with Gasteiger partial charge in [0, 0.05) is 37.3 Å². The minimum Gasteiger partial charge on any atom is -0.469 e. The summed E-state index contributed by atoms with van der Waals surface area (Å²) in [6.07, 6.45) is 0. The van der Waals surface area contributed by atoms with Gasteiger partial charge in [-0.3, -0.25) is 19.7 Å². The zero-order chi connectivity index (χ0) is 19.7. The number of ether oxygens (including phenoxy) is 1. The van der Waals surface area contributed by atoms with E-state index in [1.807, 2.05) is 13.8 Å². The normalized spacial score (nSPS) is 11.9. The smallest absolute Gasteiger partial charge is 0.310 e. The number of carbonyl (C=O) groups excluding carboxylic acids is 2. The van der Waals surface area contributed by atoms with Crippen molar-refractivity contribution in [2.24, 2.45) is 5.92 Å². The molecule has 1 amide bonds. The van der Waals surface area contributed by atoms with Crippen LogP contribution in [-0.2, 0) is 9.53 Å². The van der Waals surface area contributed by atoms with Crippen molar-refractivity contribution in [2.45, 2.75) is 20.8 Å². The molecule has 0 N–H and O–H groups in total. The van der Waals surface area contributed by atoms with Crippen molar-refractivity contribution in [2.75, 3.05) is 39.8 Å². The summed E-state index contributed by atoms with van der Waals surface area (Å²) >= 11 is 0. The van der Waals surface area contributed by atoms with Gasteiger partial charge < -0.3 is 14.5 Å². The molecule has 1 aromatic rings. The van der Waals surface area contributed by atoms with Gasteiger partial charge >= 0.3 is 5.97 Å². The number of hydrogen-bond acceptors (Lipinski definition) is 6. The predicted molar refractivity (Wildman–Crippen MR) is 98.0 cm³/mol. The van der Waals surface area contributed by atoms with E-state index in [0.29, 0.717) is 18.7 Å². The largest absolute Gasteiger partial charge is 0.469 e. The molecular weight excluding hydrogens is 338 g/mol. The highest BCUT2D eigenvalue weighted by atomic mass is 16.6. The van der Waals surface area contributed by atoms with Gasteiger partial charge in [0.15, 0.2) is 0 Å². The monoisotopic (exact) mass is 365 g/mol. The SMILES string of the molecule is CCN(CC)CCN(CC(C)C(=O)OC)C(=O)c1ccc([N+](=O)[O-])cc1. The molecule has 0 aliphatic heterocycles. The number of methoxy groups -OCH3 is 1. The van der Waals surface area contributed by atoms with Crippen LogP contribution in [0.2, 0.25) is 0 Å². The van der Waals surface area contributed by atoms with Gasteiger partial charge in [-0.15, -0.1) is 0 Å². The first-order valence-corrected chi connectivity index (χ1v) is 8.67. The molecule has 0 aliphatic carbocycles. The molecule has 0 saturated heterocycles. The Morgan fingerprint density at radius 2 is 1.73 bits per heavy atom. The Kier molecular flexibility index (Phi) is 8.71. The molecule has 144 valence electrons. The van der Waals surface area contributed by atoms with Gasteiger partial charge in [-0.05, 0) is 25.2 Å². The number of nitro groups is 1. The van der Waals surface area contributed by atoms with Crippen LogP contribution in [0.4, 0.5) is 5.69 Å². The number of benzene rings is 1. The van der Waals surface area contributed by atoms with Crippen molar-refractivity contribution in [3.63, 3.8) is 0 Å². The number of rotatable bonds is 10. The molecule has 0 spiro atoms. The summed E-state index contributed by atoms with van der Waals surface area (Å²) in [6, 6.07) is 5.49. The lowest BCUT2D eigenvalue weighted by atomic mass is 10.1. The number of esters is 1. The van der Waals surface area contributed by atoms with Crippen LogP contribution in [0.15, 0.2) is 24.3 Å². The second-order valence-corrected chi connectivity index (χ2v) is 6.01. The van der Waals surface area contributed by atoms with Crippen molar-refractivity contribution in [1.82, 2.24) is 9.80 Å². The number of amides is 1. The maximum Gasteiger partial charge on any atom is 0.310 e. The Labute approximate surface area is 153 Å². The predicted octanol–water partition coefficient (Wildman–Crippen LogP) is 2.19. The third-order valence-corrected chi connectivity index (χ3v) is 4.29. The molecule has 0 aromatic heterocycles. The molecule has 26 heavy (non-hydrogen) atoms. The van der Waals surface area contributed by atoms with Crippen molar-refractivity contribution < 1.29 is 19.2 Å². The number of nitrogens with zero attached hydrogens (tertiary/aromatic N) is 3. The topological polar surface area (TPSA) is 93.0 Å². The van der Waals surface area contributed by atoms with E-state index >= 15 is 0 Å². The maximum atomic E-state index is 12.8. The van der Waals surface area contributed by atoms with E-state index in [4.69, 9.17) is 4.74 Å². The number of nitro benzene ring substituents is 1. The van der Waals surface area contributed by atoms with Gasteiger partial charge in [0.1, 0.15) is 0 Å². The lowest BCUT2D eigenvalue weighted by Gasteiger charge is -2.28. The van der Waals surface area contributed by atoms with E-state index in [1.165, 1.54) is 31.4 Å². The summed E-state index contributed by atoms with van der Waals surface area (Å²) < 4.78 is 4.75. The van der Waals surface area contributed by atoms with Crippen molar-refractivity contribution >= 4 is 17.6 Å². The second kappa shape index (κ2) is 10.5. The van der Waals surface area contributed by atoms with Crippen LogP contribution in [0, 0.1) is 16.0 Å². The Hall–Kier alpha value is -2.48. The maximum absolute atomic E-state index is 12.8. The Balaban J connectivity index is 2.95. The lowest BCUT2D eigenvalue weighted by molar-refractivity contribution is -0.384. The average Bonchev–Trinajstić information content (AvgIpc) is 2.66. The van der Waals surface area contributed by atoms with Gasteiger partial charge in [-0.25, -0.2) is 0 Å². The molecule has 0 heterocycles. The molecular formula is C18H27N3O5. The van der Waals surface area contributed by atoms with Crippen molar-refractivity contribution in [1.29, 1.82) is 0 Å². The molecule has 1 unspecified atom stereocenters. The van der Waals surface area contributed by atoms with Gasteiger partial charge in [0.2, 0.25) is 0 Å². The highest BCUT2D eigenvalue weighted by molar-refractivity contribution is 5.94. The molecule has 0 aliphatic rings. The third kappa shape index (κ3) is 6.11.